The first kappa shape index (κ1) is 19.2. The molecule has 7 heteroatoms. The van der Waals surface area contributed by atoms with E-state index in [4.69, 9.17) is 4.74 Å². The number of likely N-dealkylation sites (N-methyl/N-ethyl adjacent to an activating group) is 1. The quantitative estimate of drug-likeness (QED) is 0.448. The summed E-state index contributed by atoms with van der Waals surface area (Å²) in [6, 6.07) is 4.19. The molecule has 0 radical (unpaired) electrons. The highest BCUT2D eigenvalue weighted by Gasteiger charge is 2.18. The smallest absolute Gasteiger partial charge is 0.193 e. The fraction of sp³-hybridized carbons (Fsp3) is 0.667. The standard InChI is InChI=1S/C15H27N5O.HI/c1-16-15(17-10-14-12-18(2)8-9-21-14)20(4)11-13-6-5-7-19(13)3;/h5-7,14H,8-12H2,1-4H3,(H,16,17);1H. The van der Waals surface area contributed by atoms with Gasteiger partial charge in [0.05, 0.1) is 19.3 Å². The van der Waals surface area contributed by atoms with Crippen LogP contribution in [0, 0.1) is 0 Å². The van der Waals surface area contributed by atoms with Gasteiger partial charge < -0.3 is 24.4 Å². The number of nitrogens with zero attached hydrogens (tertiary/aromatic N) is 4. The first-order valence-electron chi connectivity index (χ1n) is 7.42. The van der Waals surface area contributed by atoms with E-state index in [2.05, 4.69) is 64.1 Å². The lowest BCUT2D eigenvalue weighted by molar-refractivity contribution is -0.0163. The van der Waals surface area contributed by atoms with E-state index >= 15 is 0 Å². The van der Waals surface area contributed by atoms with Crippen LogP contribution in [0.5, 0.6) is 0 Å². The van der Waals surface area contributed by atoms with Gasteiger partial charge in [-0.15, -0.1) is 24.0 Å². The maximum Gasteiger partial charge on any atom is 0.193 e. The molecule has 1 N–H and O–H groups in total. The normalized spacial score (nSPS) is 19.6. The Morgan fingerprint density at radius 1 is 1.50 bits per heavy atom. The van der Waals surface area contributed by atoms with Crippen molar-refractivity contribution in [1.29, 1.82) is 0 Å². The van der Waals surface area contributed by atoms with Crippen molar-refractivity contribution in [1.82, 2.24) is 19.7 Å². The fourth-order valence-electron chi connectivity index (χ4n) is 2.56. The molecule has 22 heavy (non-hydrogen) atoms. The molecule has 1 unspecified atom stereocenters. The van der Waals surface area contributed by atoms with Crippen LogP contribution in [0.2, 0.25) is 0 Å². The Bertz CT molecular complexity index is 476. The Morgan fingerprint density at radius 2 is 2.27 bits per heavy atom. The Balaban J connectivity index is 0.00000242. The van der Waals surface area contributed by atoms with Crippen LogP contribution in [0.15, 0.2) is 23.3 Å². The number of hydrogen-bond donors (Lipinski definition) is 1. The molecule has 1 atom stereocenters. The van der Waals surface area contributed by atoms with Crippen molar-refractivity contribution < 1.29 is 4.74 Å². The van der Waals surface area contributed by atoms with Crippen molar-refractivity contribution in [3.8, 4) is 0 Å². The van der Waals surface area contributed by atoms with Gasteiger partial charge in [-0.25, -0.2) is 0 Å². The molecule has 0 bridgehead atoms. The Hall–Kier alpha value is -0.800. The van der Waals surface area contributed by atoms with Crippen LogP contribution in [-0.4, -0.2) is 73.8 Å². The SMILES string of the molecule is CN=C(NCC1CN(C)CCO1)N(C)Cc1cccn1C.I. The summed E-state index contributed by atoms with van der Waals surface area (Å²) in [5.41, 5.74) is 1.26. The van der Waals surface area contributed by atoms with E-state index in [0.717, 1.165) is 38.7 Å². The van der Waals surface area contributed by atoms with E-state index in [1.165, 1.54) is 5.69 Å². The highest BCUT2D eigenvalue weighted by atomic mass is 127. The number of aryl methyl sites for hydroxylation is 1. The van der Waals surface area contributed by atoms with Crippen molar-refractivity contribution in [3.05, 3.63) is 24.0 Å². The fourth-order valence-corrected chi connectivity index (χ4v) is 2.56. The van der Waals surface area contributed by atoms with E-state index < -0.39 is 0 Å². The average molecular weight is 421 g/mol. The molecule has 0 aliphatic carbocycles. The minimum atomic E-state index is 0. The monoisotopic (exact) mass is 421 g/mol. The average Bonchev–Trinajstić information content (AvgIpc) is 2.85. The van der Waals surface area contributed by atoms with Gasteiger partial charge in [0, 0.05) is 52.7 Å². The highest BCUT2D eigenvalue weighted by Crippen LogP contribution is 2.05. The number of guanidine groups is 1. The topological polar surface area (TPSA) is 45.0 Å². The van der Waals surface area contributed by atoms with Crippen LogP contribution in [0.4, 0.5) is 0 Å². The van der Waals surface area contributed by atoms with Crippen LogP contribution in [-0.2, 0) is 18.3 Å². The summed E-state index contributed by atoms with van der Waals surface area (Å²) < 4.78 is 7.89. The van der Waals surface area contributed by atoms with Gasteiger partial charge in [0.25, 0.3) is 0 Å². The van der Waals surface area contributed by atoms with Crippen molar-refractivity contribution in [2.45, 2.75) is 12.6 Å². The Morgan fingerprint density at radius 3 is 2.86 bits per heavy atom. The third kappa shape index (κ3) is 5.44. The first-order chi connectivity index (χ1) is 10.1. The van der Waals surface area contributed by atoms with Crippen molar-refractivity contribution in [2.24, 2.45) is 12.0 Å². The molecule has 6 nitrogen and oxygen atoms in total. The van der Waals surface area contributed by atoms with Crippen LogP contribution < -0.4 is 5.32 Å². The zero-order chi connectivity index (χ0) is 15.2. The first-order valence-corrected chi connectivity index (χ1v) is 7.42. The van der Waals surface area contributed by atoms with Crippen LogP contribution in [0.3, 0.4) is 0 Å². The number of morpholine rings is 1. The molecule has 126 valence electrons. The maximum absolute atomic E-state index is 5.77. The number of aliphatic imine (C=N–C) groups is 1. The highest BCUT2D eigenvalue weighted by molar-refractivity contribution is 14.0. The van der Waals surface area contributed by atoms with E-state index in [-0.39, 0.29) is 30.1 Å². The maximum atomic E-state index is 5.77. The lowest BCUT2D eigenvalue weighted by atomic mass is 10.3. The van der Waals surface area contributed by atoms with Gasteiger partial charge in [-0.05, 0) is 19.2 Å². The van der Waals surface area contributed by atoms with Gasteiger partial charge in [0.2, 0.25) is 0 Å². The Labute approximate surface area is 150 Å². The van der Waals surface area contributed by atoms with Gasteiger partial charge in [-0.2, -0.15) is 0 Å². The van der Waals surface area contributed by atoms with E-state index in [1.54, 1.807) is 0 Å². The molecule has 1 fully saturated rings. The largest absolute Gasteiger partial charge is 0.374 e. The summed E-state index contributed by atoms with van der Waals surface area (Å²) in [6.07, 6.45) is 2.29. The zero-order valence-electron chi connectivity index (χ0n) is 14.0. The molecule has 0 amide bonds. The molecular weight excluding hydrogens is 393 g/mol. The van der Waals surface area contributed by atoms with E-state index in [1.807, 2.05) is 7.05 Å². The van der Waals surface area contributed by atoms with Crippen LogP contribution in [0.25, 0.3) is 0 Å². The van der Waals surface area contributed by atoms with Crippen molar-refractivity contribution in [2.75, 3.05) is 47.4 Å². The van der Waals surface area contributed by atoms with E-state index in [9.17, 15) is 0 Å². The predicted molar refractivity (Wildman–Crippen MR) is 101 cm³/mol. The summed E-state index contributed by atoms with van der Waals surface area (Å²) in [6.45, 7) is 4.40. The molecule has 1 saturated heterocycles. The molecular formula is C15H28IN5O. The molecule has 0 aromatic carbocycles. The lowest BCUT2D eigenvalue weighted by Crippen LogP contribution is -2.48. The number of nitrogens with one attached hydrogen (secondary N) is 1. The van der Waals surface area contributed by atoms with E-state index in [0.29, 0.717) is 0 Å². The number of ether oxygens (including phenoxy) is 1. The molecule has 0 saturated carbocycles. The number of hydrogen-bond acceptors (Lipinski definition) is 3. The molecule has 2 rings (SSSR count). The summed E-state index contributed by atoms with van der Waals surface area (Å²) in [5, 5.41) is 3.41. The third-order valence-corrected chi connectivity index (χ3v) is 3.85. The summed E-state index contributed by atoms with van der Waals surface area (Å²) in [7, 11) is 8.06. The molecule has 1 aliphatic rings. The lowest BCUT2D eigenvalue weighted by Gasteiger charge is -2.31. The van der Waals surface area contributed by atoms with Gasteiger partial charge in [-0.3, -0.25) is 4.99 Å². The minimum absolute atomic E-state index is 0. The molecule has 1 aromatic rings. The second-order valence-electron chi connectivity index (χ2n) is 5.65. The molecule has 1 aliphatic heterocycles. The predicted octanol–water partition coefficient (Wildman–Crippen LogP) is 0.981. The van der Waals surface area contributed by atoms with Gasteiger partial charge in [0.1, 0.15) is 0 Å². The zero-order valence-corrected chi connectivity index (χ0v) is 16.3. The van der Waals surface area contributed by atoms with Crippen LogP contribution >= 0.6 is 24.0 Å². The number of rotatable bonds is 4. The molecule has 0 spiro atoms. The van der Waals surface area contributed by atoms with Gasteiger partial charge in [0.15, 0.2) is 5.96 Å². The van der Waals surface area contributed by atoms with Crippen LogP contribution in [0.1, 0.15) is 5.69 Å². The number of halogens is 1. The van der Waals surface area contributed by atoms with Gasteiger partial charge in [-0.1, -0.05) is 0 Å². The minimum Gasteiger partial charge on any atom is -0.374 e. The summed E-state index contributed by atoms with van der Waals surface area (Å²) in [4.78, 5) is 8.78. The molecule has 1 aromatic heterocycles. The second kappa shape index (κ2) is 9.36. The van der Waals surface area contributed by atoms with Gasteiger partial charge >= 0.3 is 0 Å². The molecule has 2 heterocycles. The second-order valence-corrected chi connectivity index (χ2v) is 5.65. The third-order valence-electron chi connectivity index (χ3n) is 3.85. The van der Waals surface area contributed by atoms with Crippen molar-refractivity contribution in [3.63, 3.8) is 0 Å². The Kier molecular flexibility index (Phi) is 8.19. The number of aromatic nitrogens is 1. The van der Waals surface area contributed by atoms with Crippen molar-refractivity contribution >= 4 is 29.9 Å². The summed E-state index contributed by atoms with van der Waals surface area (Å²) >= 11 is 0. The summed E-state index contributed by atoms with van der Waals surface area (Å²) in [5.74, 6) is 0.896.